The molecule has 0 aromatic carbocycles. The summed E-state index contributed by atoms with van der Waals surface area (Å²) in [5.41, 5.74) is 5.58. The Balaban J connectivity index is 2.43. The number of amides is 1. The van der Waals surface area contributed by atoms with Crippen molar-refractivity contribution in [2.24, 2.45) is 11.7 Å². The number of rotatable bonds is 5. The van der Waals surface area contributed by atoms with Gasteiger partial charge in [0.2, 0.25) is 5.91 Å². The van der Waals surface area contributed by atoms with E-state index in [0.29, 0.717) is 6.42 Å². The Morgan fingerprint density at radius 3 is 2.53 bits per heavy atom. The minimum atomic E-state index is -0.346. The predicted molar refractivity (Wildman–Crippen MR) is 71.6 cm³/mol. The fraction of sp³-hybridized carbons (Fsp3) is 0.833. The summed E-state index contributed by atoms with van der Waals surface area (Å²) in [4.78, 5) is 12.3. The molecule has 4 N–H and O–H groups in total. The van der Waals surface area contributed by atoms with E-state index in [0.717, 1.165) is 32.1 Å². The van der Waals surface area contributed by atoms with Crippen LogP contribution in [-0.4, -0.2) is 28.1 Å². The van der Waals surface area contributed by atoms with Crippen molar-refractivity contribution in [3.8, 4) is 0 Å². The Morgan fingerprint density at radius 1 is 1.47 bits per heavy atom. The van der Waals surface area contributed by atoms with Gasteiger partial charge in [0.1, 0.15) is 0 Å². The summed E-state index contributed by atoms with van der Waals surface area (Å²) < 4.78 is 0. The third-order valence-electron chi connectivity index (χ3n) is 3.28. The summed E-state index contributed by atoms with van der Waals surface area (Å²) in [5.74, 6) is -0.400. The van der Waals surface area contributed by atoms with Crippen molar-refractivity contribution < 1.29 is 9.90 Å². The molecule has 0 spiro atoms. The largest absolute Gasteiger partial charge is 0.393 e. The van der Waals surface area contributed by atoms with Crippen molar-refractivity contribution >= 4 is 23.1 Å². The normalized spacial score (nSPS) is 26.2. The Kier molecular flexibility index (Phi) is 5.85. The molecule has 0 heterocycles. The quantitative estimate of drug-likeness (QED) is 0.646. The molecule has 0 aromatic rings. The monoisotopic (exact) mass is 258 g/mol. The second-order valence-electron chi connectivity index (χ2n) is 4.76. The average molecular weight is 258 g/mol. The van der Waals surface area contributed by atoms with Crippen LogP contribution in [0.4, 0.5) is 0 Å². The molecule has 4 nitrogen and oxygen atoms in total. The molecule has 1 aliphatic carbocycles. The lowest BCUT2D eigenvalue weighted by molar-refractivity contribution is -0.124. The van der Waals surface area contributed by atoms with Gasteiger partial charge in [0.05, 0.1) is 17.0 Å². The van der Waals surface area contributed by atoms with E-state index in [1.54, 1.807) is 0 Å². The first-order valence-electron chi connectivity index (χ1n) is 6.32. The van der Waals surface area contributed by atoms with Crippen molar-refractivity contribution in [1.82, 2.24) is 5.32 Å². The molecular formula is C12H22N2O2S. The minimum Gasteiger partial charge on any atom is -0.393 e. The molecule has 0 radical (unpaired) electrons. The van der Waals surface area contributed by atoms with Crippen LogP contribution in [-0.2, 0) is 4.79 Å². The zero-order valence-electron chi connectivity index (χ0n) is 10.3. The van der Waals surface area contributed by atoms with E-state index in [2.05, 4.69) is 5.32 Å². The molecule has 1 amide bonds. The van der Waals surface area contributed by atoms with Gasteiger partial charge in [-0.1, -0.05) is 25.6 Å². The number of hydrogen-bond acceptors (Lipinski definition) is 3. The maximum atomic E-state index is 12.0. The fourth-order valence-electron chi connectivity index (χ4n) is 2.21. The van der Waals surface area contributed by atoms with Gasteiger partial charge in [-0.05, 0) is 32.1 Å². The van der Waals surface area contributed by atoms with Crippen molar-refractivity contribution in [2.75, 3.05) is 0 Å². The second-order valence-corrected chi connectivity index (χ2v) is 5.23. The van der Waals surface area contributed by atoms with Gasteiger partial charge in [-0.15, -0.1) is 0 Å². The number of thiocarbonyl (C=S) groups is 1. The van der Waals surface area contributed by atoms with Gasteiger partial charge >= 0.3 is 0 Å². The summed E-state index contributed by atoms with van der Waals surface area (Å²) >= 11 is 4.92. The molecule has 1 atom stereocenters. The van der Waals surface area contributed by atoms with Crippen LogP contribution >= 0.6 is 12.2 Å². The summed E-state index contributed by atoms with van der Waals surface area (Å²) in [5, 5.41) is 12.4. The number of nitrogens with one attached hydrogen (secondary N) is 1. The molecule has 98 valence electrons. The number of carbonyl (C=O) groups excluding carboxylic acids is 1. The zero-order valence-corrected chi connectivity index (χ0v) is 11.1. The highest BCUT2D eigenvalue weighted by molar-refractivity contribution is 7.80. The predicted octanol–water partition coefficient (Wildman–Crippen LogP) is 1.11. The SMILES string of the molecule is CCCC(C(=O)NC1CCC(O)CC1)C(N)=S. The van der Waals surface area contributed by atoms with Crippen molar-refractivity contribution in [3.63, 3.8) is 0 Å². The van der Waals surface area contributed by atoms with Crippen LogP contribution in [0.15, 0.2) is 0 Å². The Morgan fingerprint density at radius 2 is 2.06 bits per heavy atom. The van der Waals surface area contributed by atoms with Crippen LogP contribution < -0.4 is 11.1 Å². The fourth-order valence-corrected chi connectivity index (χ4v) is 2.44. The van der Waals surface area contributed by atoms with Crippen LogP contribution in [0.5, 0.6) is 0 Å². The van der Waals surface area contributed by atoms with Gasteiger partial charge in [0.25, 0.3) is 0 Å². The lowest BCUT2D eigenvalue weighted by atomic mass is 9.92. The highest BCUT2D eigenvalue weighted by Crippen LogP contribution is 2.19. The van der Waals surface area contributed by atoms with Crippen LogP contribution in [0, 0.1) is 5.92 Å². The van der Waals surface area contributed by atoms with Gasteiger partial charge in [0.15, 0.2) is 0 Å². The third-order valence-corrected chi connectivity index (χ3v) is 3.56. The van der Waals surface area contributed by atoms with Gasteiger partial charge in [-0.25, -0.2) is 0 Å². The van der Waals surface area contributed by atoms with E-state index < -0.39 is 0 Å². The second kappa shape index (κ2) is 6.91. The first-order chi connectivity index (χ1) is 8.04. The van der Waals surface area contributed by atoms with Crippen LogP contribution in [0.25, 0.3) is 0 Å². The summed E-state index contributed by atoms with van der Waals surface area (Å²) in [6, 6.07) is 0.166. The van der Waals surface area contributed by atoms with E-state index in [9.17, 15) is 9.90 Å². The van der Waals surface area contributed by atoms with Crippen molar-refractivity contribution in [2.45, 2.75) is 57.6 Å². The van der Waals surface area contributed by atoms with E-state index in [1.807, 2.05) is 6.92 Å². The summed E-state index contributed by atoms with van der Waals surface area (Å²) in [6.07, 6.45) is 4.58. The molecule has 17 heavy (non-hydrogen) atoms. The Labute approximate surface area is 108 Å². The van der Waals surface area contributed by atoms with Crippen LogP contribution in [0.3, 0.4) is 0 Å². The first-order valence-corrected chi connectivity index (χ1v) is 6.73. The van der Waals surface area contributed by atoms with Gasteiger partial charge < -0.3 is 16.2 Å². The molecule has 1 saturated carbocycles. The van der Waals surface area contributed by atoms with Crippen LogP contribution in [0.1, 0.15) is 45.4 Å². The molecule has 1 aliphatic rings. The number of aliphatic hydroxyl groups excluding tert-OH is 1. The highest BCUT2D eigenvalue weighted by Gasteiger charge is 2.25. The smallest absolute Gasteiger partial charge is 0.230 e. The Bertz CT molecular complexity index is 276. The van der Waals surface area contributed by atoms with Gasteiger partial charge in [0, 0.05) is 6.04 Å². The average Bonchev–Trinajstić information content (AvgIpc) is 2.28. The molecule has 0 aromatic heterocycles. The lowest BCUT2D eigenvalue weighted by Crippen LogP contribution is -2.44. The number of nitrogens with two attached hydrogens (primary N) is 1. The minimum absolute atomic E-state index is 0.0549. The zero-order chi connectivity index (χ0) is 12.8. The number of aliphatic hydroxyl groups is 1. The van der Waals surface area contributed by atoms with Crippen LogP contribution in [0.2, 0.25) is 0 Å². The standard InChI is InChI=1S/C12H22N2O2S/c1-2-3-10(11(13)17)12(16)14-8-4-6-9(15)7-5-8/h8-10,15H,2-7H2,1H3,(H2,13,17)(H,14,16). The molecule has 5 heteroatoms. The highest BCUT2D eigenvalue weighted by atomic mass is 32.1. The molecule has 1 rings (SSSR count). The lowest BCUT2D eigenvalue weighted by Gasteiger charge is -2.27. The Hall–Kier alpha value is -0.680. The van der Waals surface area contributed by atoms with E-state index in [-0.39, 0.29) is 29.0 Å². The third kappa shape index (κ3) is 4.60. The van der Waals surface area contributed by atoms with Gasteiger partial charge in [-0.2, -0.15) is 0 Å². The number of carbonyl (C=O) groups is 1. The molecule has 0 bridgehead atoms. The maximum Gasteiger partial charge on any atom is 0.230 e. The molecule has 0 saturated heterocycles. The molecule has 1 unspecified atom stereocenters. The summed E-state index contributed by atoms with van der Waals surface area (Å²) in [6.45, 7) is 2.01. The molecule has 1 fully saturated rings. The van der Waals surface area contributed by atoms with E-state index in [1.165, 1.54) is 0 Å². The van der Waals surface area contributed by atoms with E-state index >= 15 is 0 Å². The first kappa shape index (κ1) is 14.4. The van der Waals surface area contributed by atoms with Gasteiger partial charge in [-0.3, -0.25) is 4.79 Å². The molecular weight excluding hydrogens is 236 g/mol. The maximum absolute atomic E-state index is 12.0. The number of hydrogen-bond donors (Lipinski definition) is 3. The molecule has 0 aliphatic heterocycles. The van der Waals surface area contributed by atoms with Crippen molar-refractivity contribution in [3.05, 3.63) is 0 Å². The van der Waals surface area contributed by atoms with E-state index in [4.69, 9.17) is 18.0 Å². The topological polar surface area (TPSA) is 75.3 Å². The summed E-state index contributed by atoms with van der Waals surface area (Å²) in [7, 11) is 0. The van der Waals surface area contributed by atoms with Crippen molar-refractivity contribution in [1.29, 1.82) is 0 Å².